The van der Waals surface area contributed by atoms with Gasteiger partial charge in [-0.3, -0.25) is 4.98 Å². The van der Waals surface area contributed by atoms with Gasteiger partial charge in [0.1, 0.15) is 17.5 Å². The van der Waals surface area contributed by atoms with Crippen LogP contribution < -0.4 is 4.90 Å². The van der Waals surface area contributed by atoms with E-state index in [0.717, 1.165) is 30.6 Å². The fourth-order valence-corrected chi connectivity index (χ4v) is 3.56. The molecule has 7 heteroatoms. The van der Waals surface area contributed by atoms with Crippen LogP contribution in [-0.4, -0.2) is 28.2 Å². The topological polar surface area (TPSA) is 49.2 Å². The molecule has 4 nitrogen and oxygen atoms in total. The van der Waals surface area contributed by atoms with E-state index in [0.29, 0.717) is 16.5 Å². The van der Waals surface area contributed by atoms with Gasteiger partial charge in [0.2, 0.25) is 0 Å². The van der Waals surface area contributed by atoms with Gasteiger partial charge in [0, 0.05) is 40.8 Å². The van der Waals surface area contributed by atoms with Gasteiger partial charge in [-0.1, -0.05) is 11.6 Å². The Morgan fingerprint density at radius 3 is 2.75 bits per heavy atom. The lowest BCUT2D eigenvalue weighted by atomic mass is 10.0. The Balaban J connectivity index is 1.82. The third kappa shape index (κ3) is 2.36. The van der Waals surface area contributed by atoms with Crippen molar-refractivity contribution in [3.63, 3.8) is 0 Å². The van der Waals surface area contributed by atoms with Crippen LogP contribution in [0.25, 0.3) is 0 Å². The van der Waals surface area contributed by atoms with Gasteiger partial charge in [0.05, 0.1) is 0 Å². The van der Waals surface area contributed by atoms with Crippen LogP contribution in [0.3, 0.4) is 0 Å². The minimum absolute atomic E-state index is 0.0593. The average Bonchev–Trinajstić information content (AvgIpc) is 3.25. The predicted octanol–water partition coefficient (Wildman–Crippen LogP) is 3.71. The summed E-state index contributed by atoms with van der Waals surface area (Å²) in [6, 6.07) is 4.91. The van der Waals surface area contributed by atoms with E-state index in [1.807, 2.05) is 4.90 Å². The van der Waals surface area contributed by atoms with Crippen molar-refractivity contribution >= 4 is 23.0 Å². The number of fused-ring (bicyclic) bond motifs is 2. The molecule has 1 N–H and O–H groups in total. The molecule has 2 aromatic heterocycles. The van der Waals surface area contributed by atoms with Crippen LogP contribution in [-0.2, 0) is 11.3 Å². The second-order valence-electron chi connectivity index (χ2n) is 6.61. The van der Waals surface area contributed by atoms with E-state index in [-0.39, 0.29) is 5.41 Å². The van der Waals surface area contributed by atoms with E-state index in [4.69, 9.17) is 16.7 Å². The van der Waals surface area contributed by atoms with Crippen LogP contribution in [0.2, 0.25) is 5.15 Å². The minimum Gasteiger partial charge on any atom is -0.390 e. The number of hydrogen-bond donors (Lipinski definition) is 1. The molecule has 0 amide bonds. The molecule has 0 atom stereocenters. The maximum atomic E-state index is 13.9. The molecule has 1 spiro atoms. The van der Waals surface area contributed by atoms with Gasteiger partial charge in [-0.15, -0.1) is 0 Å². The lowest BCUT2D eigenvalue weighted by Gasteiger charge is -2.23. The zero-order valence-electron chi connectivity index (χ0n) is 13.1. The van der Waals surface area contributed by atoms with Crippen molar-refractivity contribution in [2.75, 3.05) is 18.1 Å². The summed E-state index contributed by atoms with van der Waals surface area (Å²) in [4.78, 5) is 10.1. The lowest BCUT2D eigenvalue weighted by Crippen LogP contribution is -2.23. The van der Waals surface area contributed by atoms with Gasteiger partial charge in [-0.05, 0) is 38.0 Å². The fraction of sp³-hybridized carbons (Fsp3) is 0.412. The van der Waals surface area contributed by atoms with E-state index < -0.39 is 18.2 Å². The van der Waals surface area contributed by atoms with Crippen LogP contribution in [0.1, 0.15) is 29.8 Å². The number of nitrogens with zero attached hydrogens (tertiary/aromatic N) is 3. The van der Waals surface area contributed by atoms with Crippen molar-refractivity contribution < 1.29 is 13.9 Å². The number of aromatic nitrogens is 2. The lowest BCUT2D eigenvalue weighted by molar-refractivity contribution is -0.0592. The van der Waals surface area contributed by atoms with Crippen LogP contribution >= 0.6 is 11.6 Å². The average molecular weight is 352 g/mol. The van der Waals surface area contributed by atoms with Crippen molar-refractivity contribution in [3.05, 3.63) is 46.5 Å². The highest BCUT2D eigenvalue weighted by atomic mass is 35.5. The molecule has 1 aliphatic carbocycles. The molecular weight excluding hydrogens is 336 g/mol. The van der Waals surface area contributed by atoms with Crippen LogP contribution in [0.15, 0.2) is 24.4 Å². The molecule has 0 bridgehead atoms. The molecule has 3 heterocycles. The molecule has 1 fully saturated rings. The Morgan fingerprint density at radius 2 is 2.08 bits per heavy atom. The smallest absolute Gasteiger partial charge is 0.312 e. The van der Waals surface area contributed by atoms with E-state index in [1.54, 1.807) is 25.3 Å². The molecule has 1 saturated carbocycles. The van der Waals surface area contributed by atoms with Crippen molar-refractivity contribution in [3.8, 4) is 0 Å². The molecule has 0 saturated heterocycles. The van der Waals surface area contributed by atoms with E-state index in [2.05, 4.69) is 9.97 Å². The highest BCUT2D eigenvalue weighted by Crippen LogP contribution is 2.58. The van der Waals surface area contributed by atoms with Gasteiger partial charge < -0.3 is 10.0 Å². The Kier molecular flexibility index (Phi) is 3.34. The summed E-state index contributed by atoms with van der Waals surface area (Å²) in [5, 5.41) is 9.33. The number of aliphatic hydroxyl groups excluding tert-OH is 1. The molecule has 0 unspecified atom stereocenters. The van der Waals surface area contributed by atoms with Crippen molar-refractivity contribution in [2.24, 2.45) is 0 Å². The zero-order valence-corrected chi connectivity index (χ0v) is 13.8. The Morgan fingerprint density at radius 1 is 1.33 bits per heavy atom. The number of pyridine rings is 2. The number of hydrogen-bond acceptors (Lipinski definition) is 4. The quantitative estimate of drug-likeness (QED) is 0.856. The number of aryl methyl sites for hydroxylation is 1. The third-order valence-electron chi connectivity index (χ3n) is 4.85. The monoisotopic (exact) mass is 351 g/mol. The van der Waals surface area contributed by atoms with Gasteiger partial charge in [-0.25, -0.2) is 4.98 Å². The molecule has 2 aliphatic rings. The molecule has 24 heavy (non-hydrogen) atoms. The van der Waals surface area contributed by atoms with Crippen molar-refractivity contribution in [2.45, 2.75) is 31.1 Å². The summed E-state index contributed by atoms with van der Waals surface area (Å²) in [6.07, 6.45) is 3.91. The first-order valence-corrected chi connectivity index (χ1v) is 8.14. The first-order chi connectivity index (χ1) is 11.3. The maximum Gasteiger partial charge on any atom is 0.312 e. The van der Waals surface area contributed by atoms with Crippen molar-refractivity contribution in [1.29, 1.82) is 0 Å². The summed E-state index contributed by atoms with van der Waals surface area (Å²) in [7, 11) is 0. The second-order valence-corrected chi connectivity index (χ2v) is 6.99. The van der Waals surface area contributed by atoms with Gasteiger partial charge in [0.25, 0.3) is 0 Å². The molecule has 4 rings (SSSR count). The minimum atomic E-state index is -3.36. The molecule has 1 aliphatic heterocycles. The molecule has 126 valence electrons. The summed E-state index contributed by atoms with van der Waals surface area (Å²) in [6.45, 7) is 1.13. The van der Waals surface area contributed by atoms with Crippen LogP contribution in [0, 0.1) is 6.92 Å². The maximum absolute atomic E-state index is 13.9. The number of rotatable bonds is 3. The first kappa shape index (κ1) is 15.7. The summed E-state index contributed by atoms with van der Waals surface area (Å²) in [5.41, 5.74) is 2.79. The Bertz CT molecular complexity index is 823. The highest BCUT2D eigenvalue weighted by molar-refractivity contribution is 6.29. The molecule has 0 radical (unpaired) electrons. The Labute approximate surface area is 143 Å². The van der Waals surface area contributed by atoms with E-state index in [9.17, 15) is 8.78 Å². The predicted molar refractivity (Wildman–Crippen MR) is 87.1 cm³/mol. The van der Waals surface area contributed by atoms with Gasteiger partial charge in [-0.2, -0.15) is 8.78 Å². The second kappa shape index (κ2) is 5.10. The summed E-state index contributed by atoms with van der Waals surface area (Å²) >= 11 is 6.04. The number of aliphatic hydroxyl groups is 1. The number of halogens is 3. The summed E-state index contributed by atoms with van der Waals surface area (Å²) in [5.74, 6) is -3.36. The highest BCUT2D eigenvalue weighted by Gasteiger charge is 2.52. The normalized spacial score (nSPS) is 18.1. The third-order valence-corrected chi connectivity index (χ3v) is 5.06. The van der Waals surface area contributed by atoms with Crippen LogP contribution in [0.5, 0.6) is 0 Å². The van der Waals surface area contributed by atoms with Crippen molar-refractivity contribution in [1.82, 2.24) is 9.97 Å². The largest absolute Gasteiger partial charge is 0.390 e. The fourth-order valence-electron chi connectivity index (χ4n) is 3.41. The number of anilines is 2. The standard InChI is InChI=1S/C17H16ClF2N3O/c1-10-4-11(5-14(22-10)17(19,20)9-24)23-8-16(2-3-16)12-7-21-15(18)6-13(12)23/h4-7,24H,2-3,8-9H2,1H3. The first-order valence-electron chi connectivity index (χ1n) is 7.76. The van der Waals surface area contributed by atoms with E-state index >= 15 is 0 Å². The Hall–Kier alpha value is -1.79. The van der Waals surface area contributed by atoms with Gasteiger partial charge in [0.15, 0.2) is 0 Å². The van der Waals surface area contributed by atoms with E-state index in [1.165, 1.54) is 6.07 Å². The SMILES string of the molecule is Cc1cc(N2CC3(CC3)c3cnc(Cl)cc32)cc(C(F)(F)CO)n1. The molecule has 2 aromatic rings. The molecular formula is C17H16ClF2N3O. The van der Waals surface area contributed by atoms with Gasteiger partial charge >= 0.3 is 5.92 Å². The number of alkyl halides is 2. The summed E-state index contributed by atoms with van der Waals surface area (Å²) < 4.78 is 27.8. The zero-order chi connectivity index (χ0) is 17.1. The molecule has 0 aromatic carbocycles. The van der Waals surface area contributed by atoms with Crippen LogP contribution in [0.4, 0.5) is 20.2 Å².